The Hall–Kier alpha value is -0.940. The Bertz CT molecular complexity index is 452. The Morgan fingerprint density at radius 1 is 1.58 bits per heavy atom. The van der Waals surface area contributed by atoms with Gasteiger partial charge < -0.3 is 10.2 Å². The van der Waals surface area contributed by atoms with Gasteiger partial charge in [-0.15, -0.1) is 11.3 Å². The summed E-state index contributed by atoms with van der Waals surface area (Å²) in [4.78, 5) is 19.8. The molecule has 2 atom stereocenters. The second-order valence-electron chi connectivity index (χ2n) is 5.36. The van der Waals surface area contributed by atoms with E-state index in [4.69, 9.17) is 0 Å². The van der Waals surface area contributed by atoms with E-state index in [1.165, 1.54) is 11.3 Å². The molecule has 5 heteroatoms. The van der Waals surface area contributed by atoms with E-state index < -0.39 is 0 Å². The molecule has 0 aromatic carbocycles. The third kappa shape index (κ3) is 3.34. The molecule has 106 valence electrons. The lowest BCUT2D eigenvalue weighted by Gasteiger charge is -2.25. The molecule has 0 bridgehead atoms. The van der Waals surface area contributed by atoms with Crippen LogP contribution >= 0.6 is 11.3 Å². The molecule has 1 aromatic rings. The molecule has 1 fully saturated rings. The minimum Gasteiger partial charge on any atom is -0.338 e. The maximum Gasteiger partial charge on any atom is 0.224 e. The van der Waals surface area contributed by atoms with Gasteiger partial charge in [-0.05, 0) is 40.2 Å². The van der Waals surface area contributed by atoms with Crippen LogP contribution in [0.4, 0.5) is 0 Å². The predicted molar refractivity (Wildman–Crippen MR) is 78.4 cm³/mol. The summed E-state index contributed by atoms with van der Waals surface area (Å²) < 4.78 is 0. The van der Waals surface area contributed by atoms with Crippen molar-refractivity contribution in [2.75, 3.05) is 13.6 Å². The normalized spacial score (nSPS) is 20.5. The van der Waals surface area contributed by atoms with E-state index in [9.17, 15) is 4.79 Å². The summed E-state index contributed by atoms with van der Waals surface area (Å²) in [6.07, 6.45) is 2.91. The number of carbonyl (C=O) groups is 1. The van der Waals surface area contributed by atoms with Crippen molar-refractivity contribution in [3.8, 4) is 0 Å². The number of hydrogen-bond acceptors (Lipinski definition) is 4. The van der Waals surface area contributed by atoms with Crippen LogP contribution in [0.2, 0.25) is 0 Å². The first kappa shape index (κ1) is 14.5. The lowest BCUT2D eigenvalue weighted by atomic mass is 10.1. The van der Waals surface area contributed by atoms with E-state index in [0.29, 0.717) is 12.5 Å². The van der Waals surface area contributed by atoms with Crippen LogP contribution in [0.5, 0.6) is 0 Å². The number of rotatable bonds is 4. The van der Waals surface area contributed by atoms with E-state index in [2.05, 4.69) is 17.2 Å². The standard InChI is InChI=1S/C14H23N3OS/c1-9-14(19-11(3)16-9)10(2)17(4)13(18)8-12-6-5-7-15-12/h10,12,15H,5-8H2,1-4H3. The molecule has 2 heterocycles. The zero-order valence-electron chi connectivity index (χ0n) is 12.2. The largest absolute Gasteiger partial charge is 0.338 e. The third-order valence-corrected chi connectivity index (χ3v) is 5.12. The third-order valence-electron chi connectivity index (χ3n) is 3.88. The van der Waals surface area contributed by atoms with E-state index in [0.717, 1.165) is 23.7 Å². The minimum atomic E-state index is 0.111. The highest BCUT2D eigenvalue weighted by Crippen LogP contribution is 2.28. The first-order valence-corrected chi connectivity index (χ1v) is 7.73. The Balaban J connectivity index is 1.99. The summed E-state index contributed by atoms with van der Waals surface area (Å²) in [6, 6.07) is 0.478. The topological polar surface area (TPSA) is 45.2 Å². The molecule has 19 heavy (non-hydrogen) atoms. The summed E-state index contributed by atoms with van der Waals surface area (Å²) in [6.45, 7) is 7.16. The molecule has 1 amide bonds. The van der Waals surface area contributed by atoms with Gasteiger partial charge in [-0.1, -0.05) is 0 Å². The second kappa shape index (κ2) is 6.01. The number of hydrogen-bond donors (Lipinski definition) is 1. The zero-order chi connectivity index (χ0) is 14.0. The molecule has 1 saturated heterocycles. The lowest BCUT2D eigenvalue weighted by Crippen LogP contribution is -2.34. The van der Waals surface area contributed by atoms with Crippen LogP contribution in [0.25, 0.3) is 0 Å². The van der Waals surface area contributed by atoms with Gasteiger partial charge in [-0.25, -0.2) is 4.98 Å². The van der Waals surface area contributed by atoms with Crippen molar-refractivity contribution in [2.45, 2.75) is 52.1 Å². The highest BCUT2D eigenvalue weighted by atomic mass is 32.1. The monoisotopic (exact) mass is 281 g/mol. The number of nitrogens with one attached hydrogen (secondary N) is 1. The SMILES string of the molecule is Cc1nc(C)c(C(C)N(C)C(=O)CC2CCCN2)s1. The van der Waals surface area contributed by atoms with E-state index in [-0.39, 0.29) is 11.9 Å². The first-order chi connectivity index (χ1) is 8.99. The predicted octanol–water partition coefficient (Wildman–Crippen LogP) is 2.42. The Kier molecular flexibility index (Phi) is 4.58. The first-order valence-electron chi connectivity index (χ1n) is 6.92. The van der Waals surface area contributed by atoms with Gasteiger partial charge in [-0.3, -0.25) is 4.79 Å². The molecule has 2 rings (SSSR count). The van der Waals surface area contributed by atoms with Crippen molar-refractivity contribution >= 4 is 17.2 Å². The van der Waals surface area contributed by atoms with Crippen LogP contribution in [-0.2, 0) is 4.79 Å². The van der Waals surface area contributed by atoms with Crippen molar-refractivity contribution in [1.82, 2.24) is 15.2 Å². The van der Waals surface area contributed by atoms with Crippen LogP contribution in [0, 0.1) is 13.8 Å². The Morgan fingerprint density at radius 3 is 2.84 bits per heavy atom. The van der Waals surface area contributed by atoms with Crippen molar-refractivity contribution in [3.63, 3.8) is 0 Å². The molecule has 0 spiro atoms. The molecule has 4 nitrogen and oxygen atoms in total. The van der Waals surface area contributed by atoms with Crippen LogP contribution in [0.15, 0.2) is 0 Å². The van der Waals surface area contributed by atoms with Gasteiger partial charge in [0.25, 0.3) is 0 Å². The highest BCUT2D eigenvalue weighted by molar-refractivity contribution is 7.11. The molecular weight excluding hydrogens is 258 g/mol. The molecule has 0 aliphatic carbocycles. The Labute approximate surface area is 119 Å². The number of aryl methyl sites for hydroxylation is 2. The van der Waals surface area contributed by atoms with Crippen LogP contribution in [0.3, 0.4) is 0 Å². The van der Waals surface area contributed by atoms with E-state index in [1.54, 1.807) is 11.3 Å². The number of amides is 1. The zero-order valence-corrected chi connectivity index (χ0v) is 13.0. The molecule has 1 aliphatic rings. The van der Waals surface area contributed by atoms with Gasteiger partial charge in [0, 0.05) is 24.4 Å². The average Bonchev–Trinajstić information content (AvgIpc) is 2.97. The number of nitrogens with zero attached hydrogens (tertiary/aromatic N) is 2. The number of aromatic nitrogens is 1. The fourth-order valence-electron chi connectivity index (χ4n) is 2.61. The summed E-state index contributed by atoms with van der Waals surface area (Å²) in [5.74, 6) is 0.220. The smallest absolute Gasteiger partial charge is 0.224 e. The maximum absolute atomic E-state index is 12.3. The summed E-state index contributed by atoms with van der Waals surface area (Å²) in [5, 5.41) is 4.45. The van der Waals surface area contributed by atoms with Crippen molar-refractivity contribution < 1.29 is 4.79 Å². The fraction of sp³-hybridized carbons (Fsp3) is 0.714. The highest BCUT2D eigenvalue weighted by Gasteiger charge is 2.24. The van der Waals surface area contributed by atoms with Gasteiger partial charge in [0.1, 0.15) is 0 Å². The molecule has 1 aliphatic heterocycles. The Morgan fingerprint density at radius 2 is 2.32 bits per heavy atom. The second-order valence-corrected chi connectivity index (χ2v) is 6.60. The summed E-state index contributed by atoms with van der Waals surface area (Å²) >= 11 is 1.69. The quantitative estimate of drug-likeness (QED) is 0.922. The average molecular weight is 281 g/mol. The van der Waals surface area contributed by atoms with Crippen molar-refractivity contribution in [2.24, 2.45) is 0 Å². The van der Waals surface area contributed by atoms with Gasteiger partial charge >= 0.3 is 0 Å². The molecular formula is C14H23N3OS. The van der Waals surface area contributed by atoms with Crippen molar-refractivity contribution in [1.29, 1.82) is 0 Å². The number of carbonyl (C=O) groups excluding carboxylic acids is 1. The molecule has 1 N–H and O–H groups in total. The van der Waals surface area contributed by atoms with Gasteiger partial charge in [0.05, 0.1) is 16.7 Å². The molecule has 1 aromatic heterocycles. The lowest BCUT2D eigenvalue weighted by molar-refractivity contribution is -0.132. The van der Waals surface area contributed by atoms with Crippen molar-refractivity contribution in [3.05, 3.63) is 15.6 Å². The number of thiazole rings is 1. The summed E-state index contributed by atoms with van der Waals surface area (Å²) in [5.41, 5.74) is 1.05. The molecule has 0 radical (unpaired) electrons. The van der Waals surface area contributed by atoms with Gasteiger partial charge in [-0.2, -0.15) is 0 Å². The van der Waals surface area contributed by atoms with E-state index in [1.807, 2.05) is 25.8 Å². The van der Waals surface area contributed by atoms with Crippen LogP contribution in [-0.4, -0.2) is 35.4 Å². The fourth-order valence-corrected chi connectivity index (χ4v) is 3.64. The maximum atomic E-state index is 12.3. The van der Waals surface area contributed by atoms with Crippen LogP contribution in [0.1, 0.15) is 47.8 Å². The minimum absolute atomic E-state index is 0.111. The summed E-state index contributed by atoms with van der Waals surface area (Å²) in [7, 11) is 1.90. The molecule has 2 unspecified atom stereocenters. The molecule has 0 saturated carbocycles. The van der Waals surface area contributed by atoms with E-state index >= 15 is 0 Å². The van der Waals surface area contributed by atoms with Gasteiger partial charge in [0.15, 0.2) is 0 Å². The van der Waals surface area contributed by atoms with Gasteiger partial charge in [0.2, 0.25) is 5.91 Å². The van der Waals surface area contributed by atoms with Crippen LogP contribution < -0.4 is 5.32 Å².